The van der Waals surface area contributed by atoms with E-state index in [0.29, 0.717) is 25.5 Å². The summed E-state index contributed by atoms with van der Waals surface area (Å²) in [5.41, 5.74) is 0. The van der Waals surface area contributed by atoms with Gasteiger partial charge in [-0.2, -0.15) is 0 Å². The molecule has 0 atom stereocenters. The van der Waals surface area contributed by atoms with Crippen LogP contribution in [-0.2, 0) is 14.3 Å². The molecule has 0 aromatic carbocycles. The summed E-state index contributed by atoms with van der Waals surface area (Å²) in [5, 5.41) is 2.80. The monoisotopic (exact) mass is 298 g/mol. The lowest BCUT2D eigenvalue weighted by Crippen LogP contribution is -2.38. The summed E-state index contributed by atoms with van der Waals surface area (Å²) >= 11 is 0. The second-order valence-electron chi connectivity index (χ2n) is 5.99. The number of hydrogen-bond donors (Lipinski definition) is 1. The molecule has 1 saturated carbocycles. The number of carbonyl (C=O) groups excluding carboxylic acids is 2. The van der Waals surface area contributed by atoms with Crippen molar-refractivity contribution < 1.29 is 14.3 Å². The topological polar surface area (TPSA) is 58.6 Å². The van der Waals surface area contributed by atoms with Crippen LogP contribution in [0.2, 0.25) is 0 Å². The van der Waals surface area contributed by atoms with E-state index in [9.17, 15) is 9.59 Å². The van der Waals surface area contributed by atoms with Crippen LogP contribution < -0.4 is 5.32 Å². The molecule has 5 heteroatoms. The first kappa shape index (κ1) is 18.0. The molecule has 1 aliphatic carbocycles. The fourth-order valence-corrected chi connectivity index (χ4v) is 2.80. The summed E-state index contributed by atoms with van der Waals surface area (Å²) in [5.74, 6) is 0.686. The predicted molar refractivity (Wildman–Crippen MR) is 82.9 cm³/mol. The predicted octanol–water partition coefficient (Wildman–Crippen LogP) is 1.96. The van der Waals surface area contributed by atoms with Crippen LogP contribution >= 0.6 is 0 Å². The van der Waals surface area contributed by atoms with Gasteiger partial charge in [0.15, 0.2) is 0 Å². The van der Waals surface area contributed by atoms with Gasteiger partial charge < -0.3 is 15.0 Å². The van der Waals surface area contributed by atoms with Crippen LogP contribution in [0.5, 0.6) is 0 Å². The number of likely N-dealkylation sites (N-methyl/N-ethyl adjacent to an activating group) is 1. The molecule has 0 saturated heterocycles. The third-order valence-electron chi connectivity index (χ3n) is 4.15. The van der Waals surface area contributed by atoms with Gasteiger partial charge in [-0.15, -0.1) is 0 Å². The zero-order chi connectivity index (χ0) is 15.5. The highest BCUT2D eigenvalue weighted by Gasteiger charge is 2.17. The fourth-order valence-electron chi connectivity index (χ4n) is 2.80. The number of rotatable bonds is 9. The first-order valence-electron chi connectivity index (χ1n) is 8.13. The third-order valence-corrected chi connectivity index (χ3v) is 4.15. The second kappa shape index (κ2) is 10.6. The number of ether oxygens (including phenoxy) is 1. The normalized spacial score (nSPS) is 15.7. The van der Waals surface area contributed by atoms with Crippen LogP contribution in [0.25, 0.3) is 0 Å². The van der Waals surface area contributed by atoms with Crippen molar-refractivity contribution in [3.63, 3.8) is 0 Å². The molecule has 0 radical (unpaired) electrons. The van der Waals surface area contributed by atoms with E-state index >= 15 is 0 Å². The SMILES string of the molecule is COCCCNC(=O)CN(C)C(=O)CCC1CCCCC1. The van der Waals surface area contributed by atoms with Gasteiger partial charge in [-0.3, -0.25) is 9.59 Å². The number of amides is 2. The molecule has 1 N–H and O–H groups in total. The second-order valence-corrected chi connectivity index (χ2v) is 5.99. The Kier molecular flexibility index (Phi) is 9.06. The Morgan fingerprint density at radius 2 is 1.95 bits per heavy atom. The Labute approximate surface area is 128 Å². The maximum atomic E-state index is 12.0. The van der Waals surface area contributed by atoms with Crippen LogP contribution in [-0.4, -0.2) is 50.6 Å². The Hall–Kier alpha value is -1.10. The zero-order valence-corrected chi connectivity index (χ0v) is 13.5. The molecule has 1 rings (SSSR count). The highest BCUT2D eigenvalue weighted by molar-refractivity contribution is 5.84. The molecule has 0 spiro atoms. The maximum Gasteiger partial charge on any atom is 0.239 e. The Morgan fingerprint density at radius 3 is 2.62 bits per heavy atom. The first-order valence-corrected chi connectivity index (χ1v) is 8.13. The van der Waals surface area contributed by atoms with E-state index in [1.807, 2.05) is 0 Å². The molecule has 0 heterocycles. The molecule has 5 nitrogen and oxygen atoms in total. The summed E-state index contributed by atoms with van der Waals surface area (Å²) in [7, 11) is 3.35. The zero-order valence-electron chi connectivity index (χ0n) is 13.5. The Morgan fingerprint density at radius 1 is 1.24 bits per heavy atom. The van der Waals surface area contributed by atoms with Crippen LogP contribution in [0.1, 0.15) is 51.4 Å². The fraction of sp³-hybridized carbons (Fsp3) is 0.875. The Bertz CT molecular complexity index is 315. The number of hydrogen-bond acceptors (Lipinski definition) is 3. The smallest absolute Gasteiger partial charge is 0.239 e. The van der Waals surface area contributed by atoms with Crippen molar-refractivity contribution in [1.29, 1.82) is 0 Å². The average Bonchev–Trinajstić information content (AvgIpc) is 2.50. The number of nitrogens with one attached hydrogen (secondary N) is 1. The lowest BCUT2D eigenvalue weighted by atomic mass is 9.86. The minimum absolute atomic E-state index is 0.0765. The van der Waals surface area contributed by atoms with Crippen molar-refractivity contribution >= 4 is 11.8 Å². The average molecular weight is 298 g/mol. The van der Waals surface area contributed by atoms with Gasteiger partial charge in [-0.05, 0) is 18.8 Å². The highest BCUT2D eigenvalue weighted by atomic mass is 16.5. The van der Waals surface area contributed by atoms with E-state index in [0.717, 1.165) is 12.8 Å². The molecule has 0 aromatic rings. The van der Waals surface area contributed by atoms with Gasteiger partial charge in [-0.25, -0.2) is 0 Å². The molecule has 1 aliphatic rings. The molecule has 1 fully saturated rings. The minimum atomic E-state index is -0.0976. The summed E-state index contributed by atoms with van der Waals surface area (Å²) in [6.07, 6.45) is 8.80. The van der Waals surface area contributed by atoms with Crippen molar-refractivity contribution in [3.05, 3.63) is 0 Å². The van der Waals surface area contributed by atoms with Crippen molar-refractivity contribution in [2.24, 2.45) is 5.92 Å². The van der Waals surface area contributed by atoms with Gasteiger partial charge in [0.1, 0.15) is 0 Å². The van der Waals surface area contributed by atoms with Gasteiger partial charge >= 0.3 is 0 Å². The quantitative estimate of drug-likeness (QED) is 0.662. The standard InChI is InChI=1S/C16H30N2O3/c1-18(13-15(19)17-11-6-12-21-2)16(20)10-9-14-7-4-3-5-8-14/h14H,3-13H2,1-2H3,(H,17,19). The summed E-state index contributed by atoms with van der Waals surface area (Å²) in [6.45, 7) is 1.38. The summed E-state index contributed by atoms with van der Waals surface area (Å²) < 4.78 is 4.92. The van der Waals surface area contributed by atoms with Crippen LogP contribution in [0.15, 0.2) is 0 Å². The van der Waals surface area contributed by atoms with Gasteiger partial charge in [0.2, 0.25) is 11.8 Å². The maximum absolute atomic E-state index is 12.0. The van der Waals surface area contributed by atoms with E-state index in [4.69, 9.17) is 4.74 Å². The van der Waals surface area contributed by atoms with Crippen molar-refractivity contribution in [2.75, 3.05) is 33.9 Å². The number of nitrogens with zero attached hydrogens (tertiary/aromatic N) is 1. The van der Waals surface area contributed by atoms with Crippen LogP contribution in [0, 0.1) is 5.92 Å². The third kappa shape index (κ3) is 8.05. The molecule has 21 heavy (non-hydrogen) atoms. The summed E-state index contributed by atoms with van der Waals surface area (Å²) in [4.78, 5) is 25.2. The van der Waals surface area contributed by atoms with Crippen molar-refractivity contribution in [2.45, 2.75) is 51.4 Å². The van der Waals surface area contributed by atoms with Gasteiger partial charge in [0.05, 0.1) is 6.54 Å². The van der Waals surface area contributed by atoms with Gasteiger partial charge in [0, 0.05) is 33.7 Å². The van der Waals surface area contributed by atoms with Gasteiger partial charge in [-0.1, -0.05) is 32.1 Å². The number of methoxy groups -OCH3 is 1. The molecule has 2 amide bonds. The summed E-state index contributed by atoms with van der Waals surface area (Å²) in [6, 6.07) is 0. The molecule has 0 unspecified atom stereocenters. The molecular formula is C16H30N2O3. The van der Waals surface area contributed by atoms with Crippen LogP contribution in [0.4, 0.5) is 0 Å². The minimum Gasteiger partial charge on any atom is -0.385 e. The van der Waals surface area contributed by atoms with Crippen molar-refractivity contribution in [1.82, 2.24) is 10.2 Å². The van der Waals surface area contributed by atoms with E-state index in [2.05, 4.69) is 5.32 Å². The van der Waals surface area contributed by atoms with Gasteiger partial charge in [0.25, 0.3) is 0 Å². The largest absolute Gasteiger partial charge is 0.385 e. The molecular weight excluding hydrogens is 268 g/mol. The van der Waals surface area contributed by atoms with Crippen molar-refractivity contribution in [3.8, 4) is 0 Å². The lowest BCUT2D eigenvalue weighted by molar-refractivity contribution is -0.135. The van der Waals surface area contributed by atoms with Crippen LogP contribution in [0.3, 0.4) is 0 Å². The van der Waals surface area contributed by atoms with E-state index in [-0.39, 0.29) is 18.4 Å². The molecule has 122 valence electrons. The molecule has 0 bridgehead atoms. The lowest BCUT2D eigenvalue weighted by Gasteiger charge is -2.22. The van der Waals surface area contributed by atoms with E-state index < -0.39 is 0 Å². The van der Waals surface area contributed by atoms with E-state index in [1.165, 1.54) is 37.0 Å². The van der Waals surface area contributed by atoms with E-state index in [1.54, 1.807) is 14.2 Å². The molecule has 0 aliphatic heterocycles. The Balaban J connectivity index is 2.13. The first-order chi connectivity index (χ1) is 10.1. The number of carbonyl (C=O) groups is 2. The molecule has 0 aromatic heterocycles. The highest BCUT2D eigenvalue weighted by Crippen LogP contribution is 2.27.